The minimum Gasteiger partial charge on any atom is -0.465 e. The zero-order valence-electron chi connectivity index (χ0n) is 28.2. The van der Waals surface area contributed by atoms with Gasteiger partial charge >= 0.3 is 11.8 Å². The number of sulfonamides is 1. The van der Waals surface area contributed by atoms with Gasteiger partial charge in [0.1, 0.15) is 6.04 Å². The number of rotatable bonds is 11. The van der Waals surface area contributed by atoms with Gasteiger partial charge in [-0.05, 0) is 91.1 Å². The van der Waals surface area contributed by atoms with Gasteiger partial charge in [-0.2, -0.15) is 4.31 Å². The third kappa shape index (κ3) is 8.67. The van der Waals surface area contributed by atoms with Gasteiger partial charge in [0, 0.05) is 37.7 Å². The first kappa shape index (κ1) is 35.8. The summed E-state index contributed by atoms with van der Waals surface area (Å²) in [6.45, 7) is 3.58. The molecule has 0 bridgehead atoms. The van der Waals surface area contributed by atoms with Crippen LogP contribution in [-0.4, -0.2) is 84.6 Å². The van der Waals surface area contributed by atoms with Crippen molar-refractivity contribution in [3.8, 4) is 11.1 Å². The molecule has 14 nitrogen and oxygen atoms in total. The number of imidazole rings is 1. The van der Waals surface area contributed by atoms with Crippen LogP contribution in [0.15, 0.2) is 70.4 Å². The number of nitrogens with zero attached hydrogens (tertiary/aromatic N) is 1. The van der Waals surface area contributed by atoms with E-state index in [1.54, 1.807) is 36.4 Å². The molecule has 270 valence electrons. The van der Waals surface area contributed by atoms with Crippen molar-refractivity contribution in [1.29, 1.82) is 0 Å². The van der Waals surface area contributed by atoms with Crippen LogP contribution in [0.25, 0.3) is 22.2 Å². The van der Waals surface area contributed by atoms with Crippen molar-refractivity contribution in [3.63, 3.8) is 0 Å². The van der Waals surface area contributed by atoms with Crippen LogP contribution in [0.3, 0.4) is 0 Å². The summed E-state index contributed by atoms with van der Waals surface area (Å²) in [6.07, 6.45) is 1.67. The topological polar surface area (TPSA) is 203 Å². The smallest absolute Gasteiger partial charge is 0.404 e. The maximum Gasteiger partial charge on any atom is 0.404 e. The maximum atomic E-state index is 13.7. The molecule has 1 saturated carbocycles. The van der Waals surface area contributed by atoms with Gasteiger partial charge in [-0.25, -0.2) is 18.0 Å². The first-order valence-electron chi connectivity index (χ1n) is 17.0. The van der Waals surface area contributed by atoms with E-state index in [9.17, 15) is 27.6 Å². The minimum absolute atomic E-state index is 0.154. The Balaban J connectivity index is 1.19. The number of fused-ring (bicyclic) bond motifs is 1. The molecule has 4 aromatic rings. The third-order valence-electron chi connectivity index (χ3n) is 9.70. The van der Waals surface area contributed by atoms with Gasteiger partial charge in [0.2, 0.25) is 21.8 Å². The summed E-state index contributed by atoms with van der Waals surface area (Å²) in [5.74, 6) is -0.827. The summed E-state index contributed by atoms with van der Waals surface area (Å²) in [7, 11) is -3.69. The molecule has 2 aliphatic rings. The van der Waals surface area contributed by atoms with Crippen LogP contribution in [-0.2, 0) is 30.8 Å². The van der Waals surface area contributed by atoms with Gasteiger partial charge in [0.05, 0.1) is 29.1 Å². The lowest BCUT2D eigenvalue weighted by atomic mass is 9.81. The van der Waals surface area contributed by atoms with Gasteiger partial charge in [0.15, 0.2) is 0 Å². The minimum atomic E-state index is -3.69. The van der Waals surface area contributed by atoms with E-state index in [1.807, 2.05) is 31.2 Å². The average Bonchev–Trinajstić information content (AvgIpc) is 3.50. The van der Waals surface area contributed by atoms with Gasteiger partial charge in [0.25, 0.3) is 0 Å². The van der Waals surface area contributed by atoms with Gasteiger partial charge < -0.3 is 35.8 Å². The monoisotopic (exact) mass is 718 g/mol. The van der Waals surface area contributed by atoms with Crippen LogP contribution < -0.4 is 21.6 Å². The lowest BCUT2D eigenvalue weighted by Gasteiger charge is -2.29. The Morgan fingerprint density at radius 2 is 1.65 bits per heavy atom. The highest BCUT2D eigenvalue weighted by molar-refractivity contribution is 7.89. The number of carbonyl (C=O) groups excluding carboxylic acids is 2. The van der Waals surface area contributed by atoms with Gasteiger partial charge in [-0.1, -0.05) is 30.3 Å². The second-order valence-electron chi connectivity index (χ2n) is 13.2. The Bertz CT molecular complexity index is 2060. The number of H-pyrrole nitrogens is 2. The van der Waals surface area contributed by atoms with E-state index >= 15 is 0 Å². The molecule has 0 radical (unpaired) electrons. The zero-order valence-corrected chi connectivity index (χ0v) is 29.1. The number of morpholine rings is 1. The standard InChI is InChI=1S/C36H42N6O8S/c1-22-2-12-28(51(48,49)42-14-16-50-17-15-42)20-29(22)25-7-3-23(4-8-25)18-32(34(44)38-27-11-13-30-31(19-27)41-35(45)40-30)39-33(43)26-9-5-24(6-10-26)21-37-36(46)47/h2-4,7-8,11-13,19-20,24,26,32,37H,5-6,9-10,14-18,21H2,1H3,(H,38,44)(H,39,43)(H,46,47)(H2,40,41,45)/t24?,26?,32-/m0/s1. The lowest BCUT2D eigenvalue weighted by molar-refractivity contribution is -0.130. The fourth-order valence-electron chi connectivity index (χ4n) is 6.76. The van der Waals surface area contributed by atoms with Crippen LogP contribution in [0.2, 0.25) is 0 Å². The Morgan fingerprint density at radius 3 is 2.35 bits per heavy atom. The summed E-state index contributed by atoms with van der Waals surface area (Å²) in [5, 5.41) is 17.2. The molecule has 2 fully saturated rings. The number of aromatic nitrogens is 2. The number of aryl methyl sites for hydroxylation is 1. The lowest BCUT2D eigenvalue weighted by Crippen LogP contribution is -2.48. The fraction of sp³-hybridized carbons (Fsp3) is 0.389. The molecule has 1 aliphatic carbocycles. The molecule has 1 aromatic heterocycles. The summed E-state index contributed by atoms with van der Waals surface area (Å²) in [6, 6.07) is 16.6. The number of amides is 3. The first-order valence-corrected chi connectivity index (χ1v) is 18.5. The van der Waals surface area contributed by atoms with E-state index in [0.717, 1.165) is 22.3 Å². The quantitative estimate of drug-likeness (QED) is 0.135. The number of anilines is 1. The van der Waals surface area contributed by atoms with Crippen molar-refractivity contribution in [1.82, 2.24) is 24.9 Å². The van der Waals surface area contributed by atoms with Crippen molar-refractivity contribution < 1.29 is 32.6 Å². The molecule has 3 amide bonds. The Kier molecular flexibility index (Phi) is 10.9. The van der Waals surface area contributed by atoms with Crippen molar-refractivity contribution in [2.75, 3.05) is 38.2 Å². The van der Waals surface area contributed by atoms with E-state index in [0.29, 0.717) is 75.3 Å². The first-order chi connectivity index (χ1) is 24.5. The molecule has 6 N–H and O–H groups in total. The Labute approximate surface area is 295 Å². The number of hydrogen-bond donors (Lipinski definition) is 6. The fourth-order valence-corrected chi connectivity index (χ4v) is 8.20. The van der Waals surface area contributed by atoms with Gasteiger partial charge in [-0.15, -0.1) is 0 Å². The predicted molar refractivity (Wildman–Crippen MR) is 191 cm³/mol. The van der Waals surface area contributed by atoms with Crippen LogP contribution in [0, 0.1) is 18.8 Å². The highest BCUT2D eigenvalue weighted by Crippen LogP contribution is 2.30. The van der Waals surface area contributed by atoms with E-state index < -0.39 is 28.1 Å². The number of carboxylic acid groups (broad SMARTS) is 1. The largest absolute Gasteiger partial charge is 0.465 e. The van der Waals surface area contributed by atoms with Crippen molar-refractivity contribution in [3.05, 3.63) is 82.3 Å². The SMILES string of the molecule is Cc1ccc(S(=O)(=O)N2CCOCC2)cc1-c1ccc(C[C@H](NC(=O)C2CCC(CNC(=O)O)CC2)C(=O)Nc2ccc3[nH]c(=O)[nH]c3c2)cc1. The predicted octanol–water partition coefficient (Wildman–Crippen LogP) is 3.59. The van der Waals surface area contributed by atoms with E-state index in [2.05, 4.69) is 25.9 Å². The van der Waals surface area contributed by atoms with Crippen molar-refractivity contribution in [2.24, 2.45) is 11.8 Å². The molecule has 51 heavy (non-hydrogen) atoms. The van der Waals surface area contributed by atoms with Crippen LogP contribution >= 0.6 is 0 Å². The number of benzene rings is 3. The Morgan fingerprint density at radius 1 is 0.941 bits per heavy atom. The molecule has 0 unspecified atom stereocenters. The number of aromatic amines is 2. The average molecular weight is 719 g/mol. The molecule has 3 aromatic carbocycles. The number of hydrogen-bond acceptors (Lipinski definition) is 7. The Hall–Kier alpha value is -4.99. The molecule has 1 atom stereocenters. The van der Waals surface area contributed by atoms with Crippen molar-refractivity contribution in [2.45, 2.75) is 50.0 Å². The normalized spacial score (nSPS) is 18.9. The van der Waals surface area contributed by atoms with E-state index in [1.165, 1.54) is 4.31 Å². The van der Waals surface area contributed by atoms with Crippen molar-refractivity contribution >= 4 is 44.7 Å². The number of carbonyl (C=O) groups is 3. The summed E-state index contributed by atoms with van der Waals surface area (Å²) in [4.78, 5) is 55.4. The molecular weight excluding hydrogens is 676 g/mol. The molecule has 2 heterocycles. The van der Waals surface area contributed by atoms with Crippen LogP contribution in [0.4, 0.5) is 10.5 Å². The molecule has 0 spiro atoms. The van der Waals surface area contributed by atoms with Crippen LogP contribution in [0.1, 0.15) is 36.8 Å². The number of ether oxygens (including phenoxy) is 1. The summed E-state index contributed by atoms with van der Waals surface area (Å²) in [5.41, 5.74) is 4.47. The number of nitrogens with one attached hydrogen (secondary N) is 5. The second-order valence-corrected chi connectivity index (χ2v) is 15.1. The summed E-state index contributed by atoms with van der Waals surface area (Å²) >= 11 is 0. The third-order valence-corrected chi connectivity index (χ3v) is 11.6. The van der Waals surface area contributed by atoms with Crippen LogP contribution in [0.5, 0.6) is 0 Å². The highest BCUT2D eigenvalue weighted by Gasteiger charge is 2.30. The molecular formula is C36H42N6O8S. The molecule has 1 aliphatic heterocycles. The molecule has 6 rings (SSSR count). The van der Waals surface area contributed by atoms with Gasteiger partial charge in [-0.3, -0.25) is 9.59 Å². The van der Waals surface area contributed by atoms with E-state index in [-0.39, 0.29) is 34.7 Å². The van der Waals surface area contributed by atoms with E-state index in [4.69, 9.17) is 9.84 Å². The molecule has 15 heteroatoms. The zero-order chi connectivity index (χ0) is 36.1. The summed E-state index contributed by atoms with van der Waals surface area (Å²) < 4.78 is 33.5. The second kappa shape index (κ2) is 15.5. The molecule has 1 saturated heterocycles. The highest BCUT2D eigenvalue weighted by atomic mass is 32.2. The maximum absolute atomic E-state index is 13.7.